The van der Waals surface area contributed by atoms with Gasteiger partial charge in [-0.25, -0.2) is 4.79 Å². The zero-order chi connectivity index (χ0) is 9.84. The van der Waals surface area contributed by atoms with E-state index in [9.17, 15) is 4.79 Å². The summed E-state index contributed by atoms with van der Waals surface area (Å²) in [6.45, 7) is 4.19. The molecule has 0 saturated heterocycles. The van der Waals surface area contributed by atoms with Crippen LogP contribution in [0.1, 0.15) is 42.1 Å². The van der Waals surface area contributed by atoms with Gasteiger partial charge in [0.05, 0.1) is 5.56 Å². The van der Waals surface area contributed by atoms with E-state index in [-0.39, 0.29) is 0 Å². The van der Waals surface area contributed by atoms with Gasteiger partial charge >= 0.3 is 5.97 Å². The predicted molar refractivity (Wildman–Crippen MR) is 52.1 cm³/mol. The van der Waals surface area contributed by atoms with Gasteiger partial charge in [-0.2, -0.15) is 0 Å². The lowest BCUT2D eigenvalue weighted by Crippen LogP contribution is -1.98. The molecule has 1 atom stereocenters. The summed E-state index contributed by atoms with van der Waals surface area (Å²) in [5.41, 5.74) is 1.47. The first-order valence-electron chi connectivity index (χ1n) is 4.48. The van der Waals surface area contributed by atoms with Gasteiger partial charge in [0.25, 0.3) is 0 Å². The highest BCUT2D eigenvalue weighted by molar-refractivity contribution is 5.87. The van der Waals surface area contributed by atoms with Crippen LogP contribution in [0.25, 0.3) is 0 Å². The molecule has 1 N–H and O–H groups in total. The van der Waals surface area contributed by atoms with Crippen LogP contribution >= 0.6 is 0 Å². The third kappa shape index (κ3) is 2.31. The summed E-state index contributed by atoms with van der Waals surface area (Å²) in [5.74, 6) is -0.426. The van der Waals surface area contributed by atoms with Gasteiger partial charge in [0, 0.05) is 0 Å². The van der Waals surface area contributed by atoms with E-state index in [1.54, 1.807) is 18.2 Å². The van der Waals surface area contributed by atoms with Crippen molar-refractivity contribution in [1.29, 1.82) is 0 Å². The van der Waals surface area contributed by atoms with Gasteiger partial charge in [-0.1, -0.05) is 26.0 Å². The molecule has 1 rings (SSSR count). The van der Waals surface area contributed by atoms with Gasteiger partial charge in [-0.05, 0) is 30.0 Å². The number of carbonyl (C=O) groups is 1. The van der Waals surface area contributed by atoms with Gasteiger partial charge in [0.15, 0.2) is 0 Å². The number of benzene rings is 1. The van der Waals surface area contributed by atoms with Crippen LogP contribution in [-0.2, 0) is 0 Å². The quantitative estimate of drug-likeness (QED) is 0.772. The second-order valence-electron chi connectivity index (χ2n) is 3.24. The fourth-order valence-electron chi connectivity index (χ4n) is 1.21. The summed E-state index contributed by atoms with van der Waals surface area (Å²) in [7, 11) is 0. The molecule has 0 aromatic heterocycles. The number of rotatable bonds is 3. The molecule has 0 heterocycles. The van der Waals surface area contributed by atoms with Crippen LogP contribution in [0, 0.1) is 0 Å². The smallest absolute Gasteiger partial charge is 0.335 e. The summed E-state index contributed by atoms with van der Waals surface area (Å²) >= 11 is 0. The van der Waals surface area contributed by atoms with Gasteiger partial charge in [-0.15, -0.1) is 0 Å². The third-order valence-electron chi connectivity index (χ3n) is 2.31. The van der Waals surface area contributed by atoms with Crippen molar-refractivity contribution in [3.8, 4) is 0 Å². The Morgan fingerprint density at radius 3 is 2.77 bits per heavy atom. The first-order valence-corrected chi connectivity index (χ1v) is 4.48. The summed E-state index contributed by atoms with van der Waals surface area (Å²) in [6.07, 6.45) is 1.03. The molecule has 0 aliphatic carbocycles. The molecule has 0 saturated carbocycles. The molecule has 0 aliphatic heterocycles. The van der Waals surface area contributed by atoms with Crippen molar-refractivity contribution in [2.24, 2.45) is 0 Å². The summed E-state index contributed by atoms with van der Waals surface area (Å²) in [6, 6.07) is 7.14. The molecule has 1 aromatic rings. The Balaban J connectivity index is 2.98. The van der Waals surface area contributed by atoms with Crippen LogP contribution in [0.5, 0.6) is 0 Å². The molecule has 2 nitrogen and oxygen atoms in total. The molecule has 2 heteroatoms. The minimum absolute atomic E-state index is 0.373. The zero-order valence-electron chi connectivity index (χ0n) is 7.95. The Hall–Kier alpha value is -1.31. The van der Waals surface area contributed by atoms with Gasteiger partial charge < -0.3 is 5.11 Å². The molecule has 0 amide bonds. The second-order valence-corrected chi connectivity index (χ2v) is 3.24. The van der Waals surface area contributed by atoms with Crippen molar-refractivity contribution in [2.75, 3.05) is 0 Å². The number of hydrogen-bond acceptors (Lipinski definition) is 1. The maximum absolute atomic E-state index is 10.7. The lowest BCUT2D eigenvalue weighted by Gasteiger charge is -2.08. The largest absolute Gasteiger partial charge is 0.478 e. The van der Waals surface area contributed by atoms with Crippen LogP contribution in [0.2, 0.25) is 0 Å². The van der Waals surface area contributed by atoms with E-state index in [0.29, 0.717) is 11.5 Å². The van der Waals surface area contributed by atoms with E-state index in [0.717, 1.165) is 12.0 Å². The molecule has 0 spiro atoms. The zero-order valence-corrected chi connectivity index (χ0v) is 7.95. The molecule has 0 unspecified atom stereocenters. The Morgan fingerprint density at radius 2 is 2.23 bits per heavy atom. The average Bonchev–Trinajstić information content (AvgIpc) is 2.17. The topological polar surface area (TPSA) is 37.3 Å². The van der Waals surface area contributed by atoms with Crippen LogP contribution in [0.4, 0.5) is 0 Å². The van der Waals surface area contributed by atoms with Gasteiger partial charge in [-0.3, -0.25) is 0 Å². The average molecular weight is 178 g/mol. The van der Waals surface area contributed by atoms with Crippen LogP contribution in [-0.4, -0.2) is 11.1 Å². The molecule has 1 aromatic carbocycles. The van der Waals surface area contributed by atoms with Crippen LogP contribution in [0.3, 0.4) is 0 Å². The van der Waals surface area contributed by atoms with Crippen LogP contribution < -0.4 is 0 Å². The van der Waals surface area contributed by atoms with Crippen LogP contribution in [0.15, 0.2) is 24.3 Å². The molecule has 0 radical (unpaired) electrons. The Labute approximate surface area is 78.2 Å². The Morgan fingerprint density at radius 1 is 1.54 bits per heavy atom. The van der Waals surface area contributed by atoms with Crippen molar-refractivity contribution in [3.05, 3.63) is 35.4 Å². The van der Waals surface area contributed by atoms with E-state index in [2.05, 4.69) is 13.8 Å². The highest BCUT2D eigenvalue weighted by Crippen LogP contribution is 2.19. The number of carboxylic acids is 1. The SMILES string of the molecule is CC[C@H](C)c1cccc(C(=O)O)c1. The standard InChI is InChI=1S/C11H14O2/c1-3-8(2)9-5-4-6-10(7-9)11(12)13/h4-8H,3H2,1-2H3,(H,12,13)/t8-/m0/s1. The highest BCUT2D eigenvalue weighted by Gasteiger charge is 2.06. The summed E-state index contributed by atoms with van der Waals surface area (Å²) in [5, 5.41) is 8.76. The minimum atomic E-state index is -0.856. The van der Waals surface area contributed by atoms with Crippen molar-refractivity contribution in [3.63, 3.8) is 0 Å². The second kappa shape index (κ2) is 4.08. The van der Waals surface area contributed by atoms with Gasteiger partial charge in [0.2, 0.25) is 0 Å². The third-order valence-corrected chi connectivity index (χ3v) is 2.31. The summed E-state index contributed by atoms with van der Waals surface area (Å²) < 4.78 is 0. The molecule has 0 bridgehead atoms. The monoisotopic (exact) mass is 178 g/mol. The number of hydrogen-bond donors (Lipinski definition) is 1. The fourth-order valence-corrected chi connectivity index (χ4v) is 1.21. The maximum Gasteiger partial charge on any atom is 0.335 e. The highest BCUT2D eigenvalue weighted by atomic mass is 16.4. The molecule has 13 heavy (non-hydrogen) atoms. The lowest BCUT2D eigenvalue weighted by molar-refractivity contribution is 0.0697. The van der Waals surface area contributed by atoms with E-state index < -0.39 is 5.97 Å². The summed E-state index contributed by atoms with van der Waals surface area (Å²) in [4.78, 5) is 10.7. The van der Waals surface area contributed by atoms with Crippen molar-refractivity contribution >= 4 is 5.97 Å². The normalized spacial score (nSPS) is 12.5. The van der Waals surface area contributed by atoms with Crippen molar-refractivity contribution < 1.29 is 9.90 Å². The number of aromatic carboxylic acids is 1. The number of carboxylic acid groups (broad SMARTS) is 1. The first kappa shape index (κ1) is 9.78. The van der Waals surface area contributed by atoms with E-state index in [1.165, 1.54) is 0 Å². The molecule has 0 aliphatic rings. The van der Waals surface area contributed by atoms with E-state index in [1.807, 2.05) is 6.07 Å². The fraction of sp³-hybridized carbons (Fsp3) is 0.364. The lowest BCUT2D eigenvalue weighted by atomic mass is 9.97. The predicted octanol–water partition coefficient (Wildman–Crippen LogP) is 2.90. The van der Waals surface area contributed by atoms with E-state index >= 15 is 0 Å². The molecular formula is C11H14O2. The minimum Gasteiger partial charge on any atom is -0.478 e. The molecule has 0 fully saturated rings. The Kier molecular flexibility index (Phi) is 3.07. The van der Waals surface area contributed by atoms with Gasteiger partial charge in [0.1, 0.15) is 0 Å². The van der Waals surface area contributed by atoms with Crippen molar-refractivity contribution in [2.45, 2.75) is 26.2 Å². The van der Waals surface area contributed by atoms with E-state index in [4.69, 9.17) is 5.11 Å². The molecular weight excluding hydrogens is 164 g/mol. The Bertz CT molecular complexity index is 305. The van der Waals surface area contributed by atoms with Crippen molar-refractivity contribution in [1.82, 2.24) is 0 Å². The maximum atomic E-state index is 10.7. The molecule has 70 valence electrons. The first-order chi connectivity index (χ1) is 6.15.